The second-order valence-electron chi connectivity index (χ2n) is 6.25. The molecule has 0 saturated heterocycles. The minimum Gasteiger partial charge on any atom is -0.349 e. The fourth-order valence-electron chi connectivity index (χ4n) is 2.99. The topological polar surface area (TPSA) is 55.1 Å². The Morgan fingerprint density at radius 3 is 2.55 bits per heavy atom. The molecule has 2 fully saturated rings. The van der Waals surface area contributed by atoms with Crippen molar-refractivity contribution in [3.8, 4) is 0 Å². The minimum atomic E-state index is -2.56. The number of hydrogen-bond acceptors (Lipinski definition) is 3. The molecule has 2 saturated carbocycles. The molecule has 1 aromatic rings. The number of aryl methyl sites for hydroxylation is 1. The Balaban J connectivity index is 0.00000176. The fourth-order valence-corrected chi connectivity index (χ4v) is 3.98. The summed E-state index contributed by atoms with van der Waals surface area (Å²) in [6.07, 6.45) is 1.35. The van der Waals surface area contributed by atoms with Gasteiger partial charge in [-0.3, -0.25) is 4.79 Å². The summed E-state index contributed by atoms with van der Waals surface area (Å²) in [5.74, 6) is -2.41. The third-order valence-corrected chi connectivity index (χ3v) is 5.45. The van der Waals surface area contributed by atoms with Gasteiger partial charge in [-0.05, 0) is 37.8 Å². The smallest absolute Gasteiger partial charge is 0.261 e. The normalized spacial score (nSPS) is 27.1. The van der Waals surface area contributed by atoms with Gasteiger partial charge in [-0.1, -0.05) is 0 Å². The third-order valence-electron chi connectivity index (χ3n) is 4.38. The van der Waals surface area contributed by atoms with E-state index in [1.54, 1.807) is 0 Å². The van der Waals surface area contributed by atoms with Crippen molar-refractivity contribution >= 4 is 29.7 Å². The van der Waals surface area contributed by atoms with Crippen molar-refractivity contribution in [3.05, 3.63) is 21.4 Å². The highest BCUT2D eigenvalue weighted by Crippen LogP contribution is 2.43. The maximum absolute atomic E-state index is 13.1. The molecule has 0 unspecified atom stereocenters. The van der Waals surface area contributed by atoms with Crippen LogP contribution in [0.5, 0.6) is 0 Å². The lowest BCUT2D eigenvalue weighted by molar-refractivity contribution is -0.0399. The van der Waals surface area contributed by atoms with Crippen molar-refractivity contribution in [1.29, 1.82) is 0 Å². The quantitative estimate of drug-likeness (QED) is 0.875. The van der Waals surface area contributed by atoms with Crippen LogP contribution in [0.2, 0.25) is 0 Å². The third kappa shape index (κ3) is 3.78. The predicted molar refractivity (Wildman–Crippen MR) is 86.3 cm³/mol. The summed E-state index contributed by atoms with van der Waals surface area (Å²) in [6.45, 7) is 1.97. The molecule has 3 nitrogen and oxygen atoms in total. The van der Waals surface area contributed by atoms with Gasteiger partial charge in [-0.25, -0.2) is 8.78 Å². The SMILES string of the molecule is Cc1cc([C@@H]2C[C@H]2N)c(C(=O)NC2CCC(F)(F)CC2)s1.Cl. The summed E-state index contributed by atoms with van der Waals surface area (Å²) in [6, 6.07) is 2.05. The van der Waals surface area contributed by atoms with Crippen LogP contribution in [-0.4, -0.2) is 23.9 Å². The van der Waals surface area contributed by atoms with Crippen molar-refractivity contribution in [1.82, 2.24) is 5.32 Å². The van der Waals surface area contributed by atoms with E-state index in [1.807, 2.05) is 13.0 Å². The van der Waals surface area contributed by atoms with E-state index in [1.165, 1.54) is 11.3 Å². The van der Waals surface area contributed by atoms with E-state index in [9.17, 15) is 13.6 Å². The molecule has 3 rings (SSSR count). The van der Waals surface area contributed by atoms with Gasteiger partial charge in [0.25, 0.3) is 5.91 Å². The van der Waals surface area contributed by atoms with Gasteiger partial charge >= 0.3 is 0 Å². The van der Waals surface area contributed by atoms with E-state index in [2.05, 4.69) is 5.32 Å². The van der Waals surface area contributed by atoms with Crippen molar-refractivity contribution in [2.75, 3.05) is 0 Å². The Morgan fingerprint density at radius 2 is 2.00 bits per heavy atom. The number of carbonyl (C=O) groups excluding carboxylic acids is 1. The van der Waals surface area contributed by atoms with Crippen LogP contribution in [-0.2, 0) is 0 Å². The number of hydrogen-bond donors (Lipinski definition) is 2. The number of alkyl halides is 2. The van der Waals surface area contributed by atoms with Crippen molar-refractivity contribution in [3.63, 3.8) is 0 Å². The van der Waals surface area contributed by atoms with Crippen molar-refractivity contribution < 1.29 is 13.6 Å². The second kappa shape index (κ2) is 6.42. The first kappa shape index (κ1) is 17.6. The van der Waals surface area contributed by atoms with Crippen molar-refractivity contribution in [2.24, 2.45) is 5.73 Å². The molecule has 1 aromatic heterocycles. The van der Waals surface area contributed by atoms with Crippen molar-refractivity contribution in [2.45, 2.75) is 63.0 Å². The van der Waals surface area contributed by atoms with Gasteiger partial charge < -0.3 is 11.1 Å². The van der Waals surface area contributed by atoms with Crippen LogP contribution in [0.4, 0.5) is 8.78 Å². The highest BCUT2D eigenvalue weighted by Gasteiger charge is 2.39. The van der Waals surface area contributed by atoms with Gasteiger partial charge in [-0.15, -0.1) is 23.7 Å². The molecule has 0 bridgehead atoms. The van der Waals surface area contributed by atoms with Crippen LogP contribution in [0.25, 0.3) is 0 Å². The molecule has 0 aromatic carbocycles. The lowest BCUT2D eigenvalue weighted by Crippen LogP contribution is -2.40. The number of nitrogens with two attached hydrogens (primary N) is 1. The monoisotopic (exact) mass is 350 g/mol. The predicted octanol–water partition coefficient (Wildman–Crippen LogP) is 3.60. The summed E-state index contributed by atoms with van der Waals surface area (Å²) in [4.78, 5) is 14.2. The van der Waals surface area contributed by atoms with Crippen LogP contribution in [0, 0.1) is 6.92 Å². The van der Waals surface area contributed by atoms with E-state index in [0.717, 1.165) is 16.9 Å². The highest BCUT2D eigenvalue weighted by atomic mass is 35.5. The number of carbonyl (C=O) groups is 1. The van der Waals surface area contributed by atoms with E-state index >= 15 is 0 Å². The Kier molecular flexibility index (Phi) is 5.14. The molecule has 0 spiro atoms. The Morgan fingerprint density at radius 1 is 1.41 bits per heavy atom. The number of halogens is 3. The summed E-state index contributed by atoms with van der Waals surface area (Å²) >= 11 is 1.47. The summed E-state index contributed by atoms with van der Waals surface area (Å²) in [5, 5.41) is 2.92. The molecule has 0 radical (unpaired) electrons. The maximum Gasteiger partial charge on any atom is 0.261 e. The molecule has 2 aliphatic rings. The zero-order chi connectivity index (χ0) is 15.2. The zero-order valence-corrected chi connectivity index (χ0v) is 14.0. The van der Waals surface area contributed by atoms with Gasteiger partial charge in [0, 0.05) is 35.7 Å². The number of rotatable bonds is 3. The molecule has 124 valence electrons. The first-order valence-corrected chi connectivity index (χ1v) is 8.22. The molecule has 7 heteroatoms. The van der Waals surface area contributed by atoms with Crippen LogP contribution < -0.4 is 11.1 Å². The highest BCUT2D eigenvalue weighted by molar-refractivity contribution is 7.14. The molecule has 3 N–H and O–H groups in total. The largest absolute Gasteiger partial charge is 0.349 e. The second-order valence-corrected chi connectivity index (χ2v) is 7.51. The summed E-state index contributed by atoms with van der Waals surface area (Å²) < 4.78 is 26.3. The number of amides is 1. The van der Waals surface area contributed by atoms with Crippen LogP contribution in [0.1, 0.15) is 58.1 Å². The summed E-state index contributed by atoms with van der Waals surface area (Å²) in [5.41, 5.74) is 6.91. The zero-order valence-electron chi connectivity index (χ0n) is 12.4. The van der Waals surface area contributed by atoms with Crippen LogP contribution in [0.3, 0.4) is 0 Å². The molecule has 0 aliphatic heterocycles. The fraction of sp³-hybridized carbons (Fsp3) is 0.667. The molecular weight excluding hydrogens is 330 g/mol. The molecule has 1 heterocycles. The molecular formula is C15H21ClF2N2OS. The average molecular weight is 351 g/mol. The average Bonchev–Trinajstić information content (AvgIpc) is 3.00. The molecule has 22 heavy (non-hydrogen) atoms. The van der Waals surface area contributed by atoms with Crippen LogP contribution >= 0.6 is 23.7 Å². The van der Waals surface area contributed by atoms with Gasteiger partial charge in [0.05, 0.1) is 4.88 Å². The first-order valence-electron chi connectivity index (χ1n) is 7.40. The lowest BCUT2D eigenvalue weighted by Gasteiger charge is -2.28. The molecule has 2 atom stereocenters. The van der Waals surface area contributed by atoms with E-state index in [-0.39, 0.29) is 49.2 Å². The van der Waals surface area contributed by atoms with Gasteiger partial charge in [0.2, 0.25) is 5.92 Å². The van der Waals surface area contributed by atoms with Gasteiger partial charge in [-0.2, -0.15) is 0 Å². The Labute approximate surface area is 139 Å². The molecule has 2 aliphatic carbocycles. The Bertz CT molecular complexity index is 554. The summed E-state index contributed by atoms with van der Waals surface area (Å²) in [7, 11) is 0. The first-order chi connectivity index (χ1) is 9.85. The molecule has 1 amide bonds. The number of thiophene rings is 1. The van der Waals surface area contributed by atoms with E-state index in [0.29, 0.717) is 17.7 Å². The number of nitrogens with one attached hydrogen (secondary N) is 1. The van der Waals surface area contributed by atoms with Gasteiger partial charge in [0.1, 0.15) is 0 Å². The van der Waals surface area contributed by atoms with Crippen LogP contribution in [0.15, 0.2) is 6.07 Å². The maximum atomic E-state index is 13.1. The van der Waals surface area contributed by atoms with Gasteiger partial charge in [0.15, 0.2) is 0 Å². The standard InChI is InChI=1S/C15H20F2N2OS.ClH/c1-8-6-11(10-7-12(10)18)13(21-8)14(20)19-9-2-4-15(16,17)5-3-9;/h6,9-10,12H,2-5,7,18H2,1H3,(H,19,20);1H/t10-,12+;/m0./s1. The Hall–Kier alpha value is -0.720. The van der Waals surface area contributed by atoms with E-state index < -0.39 is 5.92 Å². The minimum absolute atomic E-state index is 0. The van der Waals surface area contributed by atoms with E-state index in [4.69, 9.17) is 5.73 Å². The lowest BCUT2D eigenvalue weighted by atomic mass is 9.92.